The van der Waals surface area contributed by atoms with Gasteiger partial charge in [0.05, 0.1) is 4.88 Å². The number of hydrogen-bond donors (Lipinski definition) is 1. The van der Waals surface area contributed by atoms with Crippen LogP contribution in [0.1, 0.15) is 10.6 Å². The molecule has 0 saturated carbocycles. The van der Waals surface area contributed by atoms with Crippen LogP contribution in [0.4, 0.5) is 0 Å². The molecule has 0 saturated heterocycles. The van der Waals surface area contributed by atoms with E-state index in [0.717, 1.165) is 45.5 Å². The minimum Gasteiger partial charge on any atom is -0.310 e. The standard InChI is InChI=1S/C18H15Cl3N2S/c19-13-6-5-12(16(21)9-13)7-8-22-11-18-23-10-17(24-18)14-3-1-2-4-15(14)20/h1-6,9-10,22H,7-8,11H2. The van der Waals surface area contributed by atoms with Crippen LogP contribution < -0.4 is 5.32 Å². The first kappa shape index (κ1) is 17.7. The van der Waals surface area contributed by atoms with Gasteiger partial charge in [-0.2, -0.15) is 0 Å². The molecule has 1 heterocycles. The zero-order valence-corrected chi connectivity index (χ0v) is 15.8. The second-order valence-corrected chi connectivity index (χ2v) is 7.63. The van der Waals surface area contributed by atoms with Crippen molar-refractivity contribution in [2.24, 2.45) is 0 Å². The molecule has 24 heavy (non-hydrogen) atoms. The fraction of sp³-hybridized carbons (Fsp3) is 0.167. The van der Waals surface area contributed by atoms with Gasteiger partial charge in [-0.1, -0.05) is 59.1 Å². The lowest BCUT2D eigenvalue weighted by Crippen LogP contribution is -2.16. The van der Waals surface area contributed by atoms with Crippen LogP contribution in [-0.4, -0.2) is 11.5 Å². The maximum Gasteiger partial charge on any atom is 0.107 e. The largest absolute Gasteiger partial charge is 0.310 e. The Morgan fingerprint density at radius 2 is 1.83 bits per heavy atom. The Balaban J connectivity index is 1.54. The molecule has 6 heteroatoms. The van der Waals surface area contributed by atoms with Gasteiger partial charge >= 0.3 is 0 Å². The molecule has 124 valence electrons. The molecule has 2 aromatic carbocycles. The van der Waals surface area contributed by atoms with Crippen molar-refractivity contribution in [3.63, 3.8) is 0 Å². The van der Waals surface area contributed by atoms with Gasteiger partial charge in [0.15, 0.2) is 0 Å². The van der Waals surface area contributed by atoms with Gasteiger partial charge in [-0.3, -0.25) is 0 Å². The number of rotatable bonds is 6. The normalized spacial score (nSPS) is 11.0. The SMILES string of the molecule is Clc1ccc(CCNCc2ncc(-c3ccccc3Cl)s2)c(Cl)c1. The highest BCUT2D eigenvalue weighted by atomic mass is 35.5. The summed E-state index contributed by atoms with van der Waals surface area (Å²) in [4.78, 5) is 5.54. The zero-order valence-electron chi connectivity index (χ0n) is 12.7. The van der Waals surface area contributed by atoms with Crippen LogP contribution in [-0.2, 0) is 13.0 Å². The van der Waals surface area contributed by atoms with Gasteiger partial charge in [-0.05, 0) is 36.7 Å². The van der Waals surface area contributed by atoms with E-state index in [1.165, 1.54) is 0 Å². The van der Waals surface area contributed by atoms with E-state index in [1.54, 1.807) is 17.4 Å². The maximum atomic E-state index is 6.23. The predicted molar refractivity (Wildman–Crippen MR) is 104 cm³/mol. The fourth-order valence-corrected chi connectivity index (χ4v) is 4.04. The van der Waals surface area contributed by atoms with E-state index >= 15 is 0 Å². The number of hydrogen-bond acceptors (Lipinski definition) is 3. The molecule has 0 radical (unpaired) electrons. The van der Waals surface area contributed by atoms with Crippen molar-refractivity contribution in [3.05, 3.63) is 74.3 Å². The third-order valence-corrected chi connectivity index (χ3v) is 5.50. The Bertz CT molecular complexity index is 833. The van der Waals surface area contributed by atoms with E-state index in [0.29, 0.717) is 10.0 Å². The van der Waals surface area contributed by atoms with Crippen LogP contribution in [0.5, 0.6) is 0 Å². The molecule has 2 nitrogen and oxygen atoms in total. The first-order valence-corrected chi connectivity index (χ1v) is 9.43. The summed E-state index contributed by atoms with van der Waals surface area (Å²) in [5.74, 6) is 0. The number of halogens is 3. The number of aromatic nitrogens is 1. The summed E-state index contributed by atoms with van der Waals surface area (Å²) < 4.78 is 0. The number of nitrogens with zero attached hydrogens (tertiary/aromatic N) is 1. The van der Waals surface area contributed by atoms with Gasteiger partial charge in [0.2, 0.25) is 0 Å². The molecule has 3 rings (SSSR count). The molecule has 3 aromatic rings. The van der Waals surface area contributed by atoms with Crippen molar-refractivity contribution < 1.29 is 0 Å². The van der Waals surface area contributed by atoms with Crippen LogP contribution in [0.15, 0.2) is 48.7 Å². The lowest BCUT2D eigenvalue weighted by molar-refractivity contribution is 0.684. The Kier molecular flexibility index (Phi) is 6.14. The molecule has 0 aliphatic carbocycles. The average molecular weight is 398 g/mol. The Labute approximate surface area is 160 Å². The number of thiazole rings is 1. The third-order valence-electron chi connectivity index (χ3n) is 3.56. The Hall–Kier alpha value is -1.10. The summed E-state index contributed by atoms with van der Waals surface area (Å²) in [5.41, 5.74) is 2.11. The Morgan fingerprint density at radius 1 is 1.00 bits per heavy atom. The monoisotopic (exact) mass is 396 g/mol. The van der Waals surface area contributed by atoms with Gasteiger partial charge in [0.1, 0.15) is 5.01 Å². The summed E-state index contributed by atoms with van der Waals surface area (Å²) in [6.45, 7) is 1.54. The minimum atomic E-state index is 0.659. The smallest absolute Gasteiger partial charge is 0.107 e. The summed E-state index contributed by atoms with van der Waals surface area (Å²) >= 11 is 20.0. The highest BCUT2D eigenvalue weighted by Crippen LogP contribution is 2.31. The van der Waals surface area contributed by atoms with Gasteiger partial charge in [0.25, 0.3) is 0 Å². The van der Waals surface area contributed by atoms with E-state index in [2.05, 4.69) is 10.3 Å². The second-order valence-electron chi connectivity index (χ2n) is 5.26. The molecule has 1 N–H and O–H groups in total. The summed E-state index contributed by atoms with van der Waals surface area (Å²) in [7, 11) is 0. The summed E-state index contributed by atoms with van der Waals surface area (Å²) in [6.07, 6.45) is 2.72. The molecule has 0 aliphatic heterocycles. The molecular formula is C18H15Cl3N2S. The fourth-order valence-electron chi connectivity index (χ4n) is 2.32. The molecule has 0 aliphatic rings. The topological polar surface area (TPSA) is 24.9 Å². The average Bonchev–Trinajstić information content (AvgIpc) is 3.02. The van der Waals surface area contributed by atoms with Gasteiger partial charge in [-0.25, -0.2) is 4.98 Å². The molecular weight excluding hydrogens is 383 g/mol. The summed E-state index contributed by atoms with van der Waals surface area (Å²) in [6, 6.07) is 13.4. The van der Waals surface area contributed by atoms with Crippen molar-refractivity contribution in [2.45, 2.75) is 13.0 Å². The quantitative estimate of drug-likeness (QED) is 0.508. The van der Waals surface area contributed by atoms with Crippen LogP contribution in [0, 0.1) is 0 Å². The minimum absolute atomic E-state index is 0.659. The van der Waals surface area contributed by atoms with Crippen molar-refractivity contribution >= 4 is 46.1 Å². The first-order valence-electron chi connectivity index (χ1n) is 7.48. The third kappa shape index (κ3) is 4.50. The molecule has 0 fully saturated rings. The van der Waals surface area contributed by atoms with Gasteiger partial charge in [-0.15, -0.1) is 11.3 Å². The molecule has 0 bridgehead atoms. The van der Waals surface area contributed by atoms with E-state index in [1.807, 2.05) is 42.6 Å². The lowest BCUT2D eigenvalue weighted by Gasteiger charge is -2.05. The van der Waals surface area contributed by atoms with E-state index in [9.17, 15) is 0 Å². The molecule has 0 spiro atoms. The lowest BCUT2D eigenvalue weighted by atomic mass is 10.1. The molecule has 0 unspecified atom stereocenters. The van der Waals surface area contributed by atoms with Crippen molar-refractivity contribution in [3.8, 4) is 10.4 Å². The maximum absolute atomic E-state index is 6.23. The second kappa shape index (κ2) is 8.32. The Morgan fingerprint density at radius 3 is 2.62 bits per heavy atom. The number of nitrogens with one attached hydrogen (secondary N) is 1. The predicted octanol–water partition coefficient (Wildman–Crippen LogP) is 6.10. The molecule has 0 amide bonds. The number of benzene rings is 2. The van der Waals surface area contributed by atoms with Gasteiger partial charge in [0, 0.05) is 33.4 Å². The van der Waals surface area contributed by atoms with Crippen molar-refractivity contribution in [1.29, 1.82) is 0 Å². The van der Waals surface area contributed by atoms with Crippen LogP contribution >= 0.6 is 46.1 Å². The van der Waals surface area contributed by atoms with Crippen LogP contribution in [0.25, 0.3) is 10.4 Å². The van der Waals surface area contributed by atoms with Crippen molar-refractivity contribution in [1.82, 2.24) is 10.3 Å². The highest BCUT2D eigenvalue weighted by molar-refractivity contribution is 7.15. The van der Waals surface area contributed by atoms with E-state index in [4.69, 9.17) is 34.8 Å². The van der Waals surface area contributed by atoms with Gasteiger partial charge < -0.3 is 5.32 Å². The molecule has 0 atom stereocenters. The zero-order chi connectivity index (χ0) is 16.9. The van der Waals surface area contributed by atoms with E-state index < -0.39 is 0 Å². The molecule has 1 aromatic heterocycles. The summed E-state index contributed by atoms with van der Waals surface area (Å²) in [5, 5.41) is 6.54. The first-order chi connectivity index (χ1) is 11.6. The van der Waals surface area contributed by atoms with Crippen LogP contribution in [0.3, 0.4) is 0 Å². The van der Waals surface area contributed by atoms with Crippen LogP contribution in [0.2, 0.25) is 15.1 Å². The highest BCUT2D eigenvalue weighted by Gasteiger charge is 2.07. The van der Waals surface area contributed by atoms with Crippen molar-refractivity contribution in [2.75, 3.05) is 6.54 Å². The van der Waals surface area contributed by atoms with E-state index in [-0.39, 0.29) is 0 Å².